The maximum absolute atomic E-state index is 12.1. The van der Waals surface area contributed by atoms with Gasteiger partial charge < -0.3 is 15.0 Å². The lowest BCUT2D eigenvalue weighted by atomic mass is 10.3. The van der Waals surface area contributed by atoms with E-state index in [-0.39, 0.29) is 29.4 Å². The molecule has 27 heavy (non-hydrogen) atoms. The van der Waals surface area contributed by atoms with Crippen LogP contribution in [0.2, 0.25) is 0 Å². The van der Waals surface area contributed by atoms with E-state index in [0.29, 0.717) is 17.4 Å². The number of nitrogens with zero attached hydrogens (tertiary/aromatic N) is 4. The first-order valence-electron chi connectivity index (χ1n) is 8.97. The van der Waals surface area contributed by atoms with Gasteiger partial charge in [-0.2, -0.15) is 4.98 Å². The average molecular weight is 368 g/mol. The monoisotopic (exact) mass is 368 g/mol. The number of hydrogen-bond donors (Lipinski definition) is 2. The molecule has 0 radical (unpaired) electrons. The summed E-state index contributed by atoms with van der Waals surface area (Å²) >= 11 is 0. The van der Waals surface area contributed by atoms with Crippen LogP contribution in [0.1, 0.15) is 19.3 Å². The number of likely N-dealkylation sites (tertiary alicyclic amines) is 1. The third kappa shape index (κ3) is 3.86. The lowest BCUT2D eigenvalue weighted by Crippen LogP contribution is -2.30. The molecule has 1 aliphatic carbocycles. The van der Waals surface area contributed by atoms with E-state index >= 15 is 0 Å². The van der Waals surface area contributed by atoms with Crippen molar-refractivity contribution >= 4 is 29.2 Å². The molecule has 1 aliphatic heterocycles. The number of rotatable bonds is 6. The first-order valence-corrected chi connectivity index (χ1v) is 8.97. The molecule has 1 saturated carbocycles. The minimum Gasteiger partial charge on any atom is -0.450 e. The first-order chi connectivity index (χ1) is 13.1. The fourth-order valence-corrected chi connectivity index (χ4v) is 3.12. The van der Waals surface area contributed by atoms with Gasteiger partial charge in [-0.1, -0.05) is 0 Å². The molecule has 0 bridgehead atoms. The van der Waals surface area contributed by atoms with Crippen LogP contribution >= 0.6 is 0 Å². The number of H-pyrrole nitrogens is 1. The number of hydrogen-bond acceptors (Lipinski definition) is 7. The summed E-state index contributed by atoms with van der Waals surface area (Å²) < 4.78 is 5.57. The van der Waals surface area contributed by atoms with Gasteiger partial charge >= 0.3 is 0 Å². The van der Waals surface area contributed by atoms with E-state index in [1.54, 1.807) is 6.07 Å². The summed E-state index contributed by atoms with van der Waals surface area (Å²) in [6, 6.07) is 1.60. The molecule has 4 rings (SSSR count). The Bertz CT molecular complexity index is 952. The Morgan fingerprint density at radius 3 is 3.07 bits per heavy atom. The van der Waals surface area contributed by atoms with E-state index in [1.165, 1.54) is 18.6 Å². The summed E-state index contributed by atoms with van der Waals surface area (Å²) in [6.45, 7) is 1.33. The van der Waals surface area contributed by atoms with Crippen LogP contribution in [0.25, 0.3) is 10.9 Å². The second-order valence-electron chi connectivity index (χ2n) is 6.81. The van der Waals surface area contributed by atoms with Crippen LogP contribution in [0.4, 0.5) is 0 Å². The first kappa shape index (κ1) is 17.3. The van der Waals surface area contributed by atoms with Gasteiger partial charge in [0.15, 0.2) is 6.10 Å². The second-order valence-corrected chi connectivity index (χ2v) is 6.81. The summed E-state index contributed by atoms with van der Waals surface area (Å²) in [4.78, 5) is 41.2. The van der Waals surface area contributed by atoms with Crippen molar-refractivity contribution in [1.82, 2.24) is 19.9 Å². The number of amides is 1. The Kier molecular flexibility index (Phi) is 4.66. The number of aromatic amines is 1. The van der Waals surface area contributed by atoms with Crippen LogP contribution in [0.3, 0.4) is 0 Å². The maximum Gasteiger partial charge on any atom is 0.298 e. The molecule has 3 heterocycles. The van der Waals surface area contributed by atoms with Crippen molar-refractivity contribution in [2.24, 2.45) is 10.9 Å². The topological polar surface area (TPSA) is 124 Å². The predicted molar refractivity (Wildman–Crippen MR) is 99.6 cm³/mol. The van der Waals surface area contributed by atoms with Gasteiger partial charge in [-0.25, -0.2) is 0 Å². The minimum atomic E-state index is -0.754. The average Bonchev–Trinajstić information content (AvgIpc) is 3.42. The zero-order valence-corrected chi connectivity index (χ0v) is 14.7. The van der Waals surface area contributed by atoms with Gasteiger partial charge in [0.25, 0.3) is 11.6 Å². The van der Waals surface area contributed by atoms with Crippen LogP contribution in [0, 0.1) is 11.3 Å². The molecule has 9 nitrogen and oxygen atoms in total. The third-order valence-corrected chi connectivity index (χ3v) is 4.74. The third-order valence-electron chi connectivity index (χ3n) is 4.74. The van der Waals surface area contributed by atoms with Gasteiger partial charge in [0.05, 0.1) is 23.1 Å². The molecule has 2 fully saturated rings. The Morgan fingerprint density at radius 1 is 1.44 bits per heavy atom. The highest BCUT2D eigenvalue weighted by atomic mass is 16.5. The SMILES string of the molecule is N=CC(C=NC1CCN(C(=O)C2CC2)C1)Oc1nc2cnccc2c(=O)[nH]1. The van der Waals surface area contributed by atoms with Gasteiger partial charge in [-0.3, -0.25) is 24.5 Å². The van der Waals surface area contributed by atoms with Crippen LogP contribution in [-0.2, 0) is 4.79 Å². The van der Waals surface area contributed by atoms with Gasteiger partial charge in [0.2, 0.25) is 5.91 Å². The Labute approximate surface area is 155 Å². The maximum atomic E-state index is 12.1. The quantitative estimate of drug-likeness (QED) is 0.730. The molecule has 1 saturated heterocycles. The van der Waals surface area contributed by atoms with Gasteiger partial charge in [0, 0.05) is 37.6 Å². The number of nitrogens with one attached hydrogen (secondary N) is 2. The number of aromatic nitrogens is 3. The van der Waals surface area contributed by atoms with E-state index in [2.05, 4.69) is 19.9 Å². The van der Waals surface area contributed by atoms with Crippen LogP contribution in [0.5, 0.6) is 6.01 Å². The fourth-order valence-electron chi connectivity index (χ4n) is 3.12. The van der Waals surface area contributed by atoms with Crippen LogP contribution in [0.15, 0.2) is 28.2 Å². The van der Waals surface area contributed by atoms with E-state index in [1.807, 2.05) is 4.90 Å². The van der Waals surface area contributed by atoms with Crippen LogP contribution in [-0.4, -0.2) is 63.4 Å². The molecule has 2 atom stereocenters. The number of ether oxygens (including phenoxy) is 1. The molecule has 2 aromatic heterocycles. The number of pyridine rings is 1. The number of aliphatic imine (C=N–C) groups is 1. The lowest BCUT2D eigenvalue weighted by molar-refractivity contribution is -0.131. The minimum absolute atomic E-state index is 0.00608. The number of carbonyl (C=O) groups is 1. The van der Waals surface area contributed by atoms with Crippen molar-refractivity contribution in [2.75, 3.05) is 13.1 Å². The summed E-state index contributed by atoms with van der Waals surface area (Å²) in [7, 11) is 0. The highest BCUT2D eigenvalue weighted by molar-refractivity contribution is 5.86. The summed E-state index contributed by atoms with van der Waals surface area (Å²) in [5.41, 5.74) is 0.0880. The molecule has 2 aromatic rings. The normalized spacial score (nSPS) is 20.9. The highest BCUT2D eigenvalue weighted by Crippen LogP contribution is 2.32. The van der Waals surface area contributed by atoms with E-state index in [9.17, 15) is 9.59 Å². The molecular weight excluding hydrogens is 348 g/mol. The van der Waals surface area contributed by atoms with E-state index in [4.69, 9.17) is 10.1 Å². The van der Waals surface area contributed by atoms with E-state index < -0.39 is 6.10 Å². The predicted octanol–water partition coefficient (Wildman–Crippen LogP) is 0.797. The molecule has 0 aromatic carbocycles. The van der Waals surface area contributed by atoms with Crippen molar-refractivity contribution in [3.63, 3.8) is 0 Å². The molecular formula is C18H20N6O3. The molecule has 140 valence electrons. The van der Waals surface area contributed by atoms with Gasteiger partial charge in [-0.15, -0.1) is 0 Å². The standard InChI is InChI=1S/C18H20N6O3/c19-7-13(8-21-12-4-6-24(10-12)17(26)11-1-2-11)27-18-22-15-9-20-5-3-14(15)16(25)23-18/h3,5,7-9,11-13,19H,1-2,4,6,10H2,(H,22,23,25). The van der Waals surface area contributed by atoms with Crippen LogP contribution < -0.4 is 10.3 Å². The largest absolute Gasteiger partial charge is 0.450 e. The molecule has 2 N–H and O–H groups in total. The van der Waals surface area contributed by atoms with Gasteiger partial charge in [-0.05, 0) is 25.3 Å². The van der Waals surface area contributed by atoms with Crippen molar-refractivity contribution in [2.45, 2.75) is 31.4 Å². The number of fused-ring (bicyclic) bond motifs is 1. The summed E-state index contributed by atoms with van der Waals surface area (Å²) in [5.74, 6) is 0.454. The van der Waals surface area contributed by atoms with E-state index in [0.717, 1.165) is 32.0 Å². The highest BCUT2D eigenvalue weighted by Gasteiger charge is 2.36. The van der Waals surface area contributed by atoms with Crippen molar-refractivity contribution in [3.8, 4) is 6.01 Å². The molecule has 2 aliphatic rings. The summed E-state index contributed by atoms with van der Waals surface area (Å²) in [6.07, 6.45) is 7.65. The molecule has 0 spiro atoms. The van der Waals surface area contributed by atoms with Crippen molar-refractivity contribution < 1.29 is 9.53 Å². The van der Waals surface area contributed by atoms with Gasteiger partial charge in [0.1, 0.15) is 0 Å². The second kappa shape index (κ2) is 7.26. The van der Waals surface area contributed by atoms with Crippen molar-refractivity contribution in [1.29, 1.82) is 5.41 Å². The Hall–Kier alpha value is -3.10. The fraction of sp³-hybridized carbons (Fsp3) is 0.444. The zero-order chi connectivity index (χ0) is 18.8. The molecule has 2 unspecified atom stereocenters. The molecule has 9 heteroatoms. The summed E-state index contributed by atoms with van der Waals surface area (Å²) in [5, 5.41) is 7.95. The lowest BCUT2D eigenvalue weighted by Gasteiger charge is -2.15. The Balaban J connectivity index is 1.41. The number of carbonyl (C=O) groups excluding carboxylic acids is 1. The molecule has 1 amide bonds. The zero-order valence-electron chi connectivity index (χ0n) is 14.7. The van der Waals surface area contributed by atoms with Crippen molar-refractivity contribution in [3.05, 3.63) is 28.8 Å². The smallest absolute Gasteiger partial charge is 0.298 e. The Morgan fingerprint density at radius 2 is 2.30 bits per heavy atom.